The van der Waals surface area contributed by atoms with E-state index in [-0.39, 0.29) is 6.61 Å². The average molecular weight is 210 g/mol. The smallest absolute Gasteiger partial charge is 0.153 e. The van der Waals surface area contributed by atoms with Crippen molar-refractivity contribution >= 4 is 28.8 Å². The van der Waals surface area contributed by atoms with E-state index in [1.54, 1.807) is 18.2 Å². The van der Waals surface area contributed by atoms with Crippen molar-refractivity contribution in [3.63, 3.8) is 0 Å². The van der Waals surface area contributed by atoms with E-state index in [0.717, 1.165) is 16.5 Å². The maximum absolute atomic E-state index is 10.7. The Kier molecular flexibility index (Phi) is 2.27. The number of hydrogen-bond acceptors (Lipinski definition) is 2. The Bertz CT molecular complexity index is 490. The maximum atomic E-state index is 10.7. The van der Waals surface area contributed by atoms with Gasteiger partial charge in [0, 0.05) is 10.9 Å². The molecule has 2 rings (SSSR count). The fourth-order valence-corrected chi connectivity index (χ4v) is 1.69. The molecule has 0 fully saturated rings. The van der Waals surface area contributed by atoms with Crippen molar-refractivity contribution in [2.45, 2.75) is 6.61 Å². The molecule has 0 radical (unpaired) electrons. The molecule has 0 aliphatic carbocycles. The fraction of sp³-hybridized carbons (Fsp3) is 0.100. The Morgan fingerprint density at radius 2 is 2.29 bits per heavy atom. The third-order valence-electron chi connectivity index (χ3n) is 2.16. The maximum Gasteiger partial charge on any atom is 0.153 e. The second kappa shape index (κ2) is 3.44. The summed E-state index contributed by atoms with van der Waals surface area (Å²) in [6, 6.07) is 5.32. The number of carbonyl (C=O) groups excluding carboxylic acids is 1. The van der Waals surface area contributed by atoms with Gasteiger partial charge in [-0.25, -0.2) is 0 Å². The predicted molar refractivity (Wildman–Crippen MR) is 54.6 cm³/mol. The van der Waals surface area contributed by atoms with Crippen LogP contribution in [0.4, 0.5) is 0 Å². The van der Waals surface area contributed by atoms with Gasteiger partial charge in [0.25, 0.3) is 0 Å². The highest BCUT2D eigenvalue weighted by Gasteiger charge is 2.08. The van der Waals surface area contributed by atoms with Gasteiger partial charge >= 0.3 is 0 Å². The van der Waals surface area contributed by atoms with Crippen LogP contribution in [-0.4, -0.2) is 16.4 Å². The van der Waals surface area contributed by atoms with Gasteiger partial charge in [-0.2, -0.15) is 0 Å². The van der Waals surface area contributed by atoms with Gasteiger partial charge < -0.3 is 10.1 Å². The SMILES string of the molecule is O=Cc1c(Cl)[nH]c2ccc(CO)cc12. The molecule has 0 atom stereocenters. The molecule has 2 N–H and O–H groups in total. The largest absolute Gasteiger partial charge is 0.392 e. The molecule has 2 aromatic rings. The number of aldehydes is 1. The molecule has 0 bridgehead atoms. The van der Waals surface area contributed by atoms with E-state index < -0.39 is 0 Å². The van der Waals surface area contributed by atoms with E-state index in [1.165, 1.54) is 0 Å². The molecule has 0 amide bonds. The topological polar surface area (TPSA) is 53.1 Å². The molecule has 3 nitrogen and oxygen atoms in total. The lowest BCUT2D eigenvalue weighted by atomic mass is 10.1. The van der Waals surface area contributed by atoms with Gasteiger partial charge in [-0.3, -0.25) is 4.79 Å². The summed E-state index contributed by atoms with van der Waals surface area (Å²) in [5.41, 5.74) is 2.00. The number of aliphatic hydroxyl groups is 1. The highest BCUT2D eigenvalue weighted by atomic mass is 35.5. The van der Waals surface area contributed by atoms with Gasteiger partial charge in [0.15, 0.2) is 6.29 Å². The van der Waals surface area contributed by atoms with Crippen molar-refractivity contribution in [3.8, 4) is 0 Å². The fourth-order valence-electron chi connectivity index (χ4n) is 1.44. The molecule has 1 heterocycles. The molecule has 0 unspecified atom stereocenters. The van der Waals surface area contributed by atoms with Gasteiger partial charge in [-0.1, -0.05) is 17.7 Å². The summed E-state index contributed by atoms with van der Waals surface area (Å²) in [7, 11) is 0. The Morgan fingerprint density at radius 1 is 1.50 bits per heavy atom. The first-order valence-corrected chi connectivity index (χ1v) is 4.50. The van der Waals surface area contributed by atoms with Crippen molar-refractivity contribution in [2.75, 3.05) is 0 Å². The van der Waals surface area contributed by atoms with E-state index >= 15 is 0 Å². The Hall–Kier alpha value is -1.32. The van der Waals surface area contributed by atoms with Gasteiger partial charge in [-0.15, -0.1) is 0 Å². The summed E-state index contributed by atoms with van der Waals surface area (Å²) in [6.45, 7) is -0.0446. The number of rotatable bonds is 2. The summed E-state index contributed by atoms with van der Waals surface area (Å²) in [6.07, 6.45) is 0.711. The van der Waals surface area contributed by atoms with Gasteiger partial charge in [0.05, 0.1) is 12.2 Å². The van der Waals surface area contributed by atoms with Crippen molar-refractivity contribution in [1.29, 1.82) is 0 Å². The first-order chi connectivity index (χ1) is 6.76. The Balaban J connectivity index is 2.77. The number of hydrogen-bond donors (Lipinski definition) is 2. The quantitative estimate of drug-likeness (QED) is 0.745. The number of nitrogens with one attached hydrogen (secondary N) is 1. The molecular formula is C10H8ClNO2. The Labute approximate surface area is 85.3 Å². The lowest BCUT2D eigenvalue weighted by Crippen LogP contribution is -1.83. The van der Waals surface area contributed by atoms with E-state index in [9.17, 15) is 4.79 Å². The number of carbonyl (C=O) groups is 1. The van der Waals surface area contributed by atoms with Crippen LogP contribution in [0.15, 0.2) is 18.2 Å². The first kappa shape index (κ1) is 9.24. The molecule has 0 saturated carbocycles. The van der Waals surface area contributed by atoms with E-state index in [2.05, 4.69) is 4.98 Å². The second-order valence-electron chi connectivity index (χ2n) is 3.01. The zero-order valence-electron chi connectivity index (χ0n) is 7.25. The van der Waals surface area contributed by atoms with E-state index in [0.29, 0.717) is 17.0 Å². The second-order valence-corrected chi connectivity index (χ2v) is 3.39. The van der Waals surface area contributed by atoms with Crippen molar-refractivity contribution < 1.29 is 9.90 Å². The standard InChI is InChI=1S/C10H8ClNO2/c11-10-8(5-14)7-3-6(4-13)1-2-9(7)12-10/h1-3,5,12-13H,4H2. The van der Waals surface area contributed by atoms with Crippen LogP contribution in [0.3, 0.4) is 0 Å². The number of aromatic amines is 1. The summed E-state index contributed by atoms with van der Waals surface area (Å²) in [5, 5.41) is 10.0. The van der Waals surface area contributed by atoms with Crippen LogP contribution in [0.2, 0.25) is 5.15 Å². The highest BCUT2D eigenvalue weighted by molar-refractivity contribution is 6.34. The van der Waals surface area contributed by atoms with Gasteiger partial charge in [0.2, 0.25) is 0 Å². The molecule has 72 valence electrons. The van der Waals surface area contributed by atoms with E-state index in [4.69, 9.17) is 16.7 Å². The van der Waals surface area contributed by atoms with Crippen LogP contribution in [-0.2, 0) is 6.61 Å². The number of benzene rings is 1. The minimum atomic E-state index is -0.0446. The van der Waals surface area contributed by atoms with Crippen molar-refractivity contribution in [3.05, 3.63) is 34.5 Å². The lowest BCUT2D eigenvalue weighted by Gasteiger charge is -1.95. The summed E-state index contributed by atoms with van der Waals surface area (Å²) < 4.78 is 0. The van der Waals surface area contributed by atoms with Crippen LogP contribution >= 0.6 is 11.6 Å². The number of halogens is 1. The third-order valence-corrected chi connectivity index (χ3v) is 2.45. The Morgan fingerprint density at radius 3 is 2.93 bits per heavy atom. The normalized spacial score (nSPS) is 10.7. The summed E-state index contributed by atoms with van der Waals surface area (Å²) >= 11 is 5.81. The zero-order valence-corrected chi connectivity index (χ0v) is 8.01. The van der Waals surface area contributed by atoms with Crippen LogP contribution in [0.25, 0.3) is 10.9 Å². The molecule has 4 heteroatoms. The number of fused-ring (bicyclic) bond motifs is 1. The number of aliphatic hydroxyl groups excluding tert-OH is 1. The van der Waals surface area contributed by atoms with Crippen LogP contribution < -0.4 is 0 Å². The predicted octanol–water partition coefficient (Wildman–Crippen LogP) is 2.13. The third kappa shape index (κ3) is 1.31. The van der Waals surface area contributed by atoms with Gasteiger partial charge in [-0.05, 0) is 17.7 Å². The van der Waals surface area contributed by atoms with Crippen molar-refractivity contribution in [1.82, 2.24) is 4.98 Å². The number of H-pyrrole nitrogens is 1. The summed E-state index contributed by atoms with van der Waals surface area (Å²) in [5.74, 6) is 0. The summed E-state index contributed by atoms with van der Waals surface area (Å²) in [4.78, 5) is 13.6. The first-order valence-electron chi connectivity index (χ1n) is 4.12. The van der Waals surface area contributed by atoms with Crippen LogP contribution in [0, 0.1) is 0 Å². The zero-order chi connectivity index (χ0) is 10.1. The van der Waals surface area contributed by atoms with Gasteiger partial charge in [0.1, 0.15) is 5.15 Å². The van der Waals surface area contributed by atoms with Crippen LogP contribution in [0.1, 0.15) is 15.9 Å². The molecule has 0 saturated heterocycles. The van der Waals surface area contributed by atoms with Crippen molar-refractivity contribution in [2.24, 2.45) is 0 Å². The van der Waals surface area contributed by atoms with E-state index in [1.807, 2.05) is 0 Å². The average Bonchev–Trinajstić information content (AvgIpc) is 2.52. The minimum Gasteiger partial charge on any atom is -0.392 e. The molecule has 14 heavy (non-hydrogen) atoms. The molecule has 1 aromatic heterocycles. The molecule has 0 aliphatic heterocycles. The molecule has 0 aliphatic rings. The van der Waals surface area contributed by atoms with Crippen LogP contribution in [0.5, 0.6) is 0 Å². The highest BCUT2D eigenvalue weighted by Crippen LogP contribution is 2.25. The number of aromatic nitrogens is 1. The molecule has 1 aromatic carbocycles. The monoisotopic (exact) mass is 209 g/mol. The lowest BCUT2D eigenvalue weighted by molar-refractivity contribution is 0.112. The minimum absolute atomic E-state index is 0.0446. The molecular weight excluding hydrogens is 202 g/mol. The molecule has 0 spiro atoms.